The van der Waals surface area contributed by atoms with Gasteiger partial charge >= 0.3 is 6.18 Å². The molecule has 0 saturated carbocycles. The van der Waals surface area contributed by atoms with E-state index < -0.39 is 23.9 Å². The fraction of sp³-hybridized carbons (Fsp3) is 0.500. The van der Waals surface area contributed by atoms with Crippen molar-refractivity contribution in [2.75, 3.05) is 6.54 Å². The number of thioether (sulfide) groups is 1. The van der Waals surface area contributed by atoms with Gasteiger partial charge in [-0.2, -0.15) is 13.2 Å². The lowest BCUT2D eigenvalue weighted by atomic mass is 9.97. The van der Waals surface area contributed by atoms with E-state index in [-0.39, 0.29) is 12.1 Å². The average Bonchev–Trinajstić information content (AvgIpc) is 3.00. The molecule has 0 spiro atoms. The molecule has 10 heteroatoms. The van der Waals surface area contributed by atoms with Crippen molar-refractivity contribution in [1.29, 1.82) is 0 Å². The van der Waals surface area contributed by atoms with E-state index in [1.54, 1.807) is 6.08 Å². The standard InChI is InChI=1S/C18H20F3N3O2S2/c1-3-8-24-16(26)13-11-6-4-5-7-12(11)28-15(13)23-17(24)27-10(2)14(25)22-9-18(19,20)21/h3,10H,1,4-9H2,2H3,(H,22,25). The van der Waals surface area contributed by atoms with E-state index in [4.69, 9.17) is 0 Å². The lowest BCUT2D eigenvalue weighted by molar-refractivity contribution is -0.137. The molecule has 0 aliphatic heterocycles. The van der Waals surface area contributed by atoms with E-state index in [1.165, 1.54) is 27.7 Å². The zero-order valence-electron chi connectivity index (χ0n) is 15.3. The second-order valence-electron chi connectivity index (χ2n) is 6.58. The molecule has 5 nitrogen and oxygen atoms in total. The van der Waals surface area contributed by atoms with Crippen LogP contribution in [0, 0.1) is 0 Å². The van der Waals surface area contributed by atoms with Gasteiger partial charge in [-0.05, 0) is 38.2 Å². The quantitative estimate of drug-likeness (QED) is 0.431. The van der Waals surface area contributed by atoms with Gasteiger partial charge in [0.25, 0.3) is 5.56 Å². The SMILES string of the molecule is C=CCn1c(SC(C)C(=O)NCC(F)(F)F)nc2sc3c(c2c1=O)CCCC3. The molecule has 2 heterocycles. The van der Waals surface area contributed by atoms with Crippen LogP contribution in [0.25, 0.3) is 10.2 Å². The molecule has 1 atom stereocenters. The molecule has 0 saturated heterocycles. The molecule has 1 aliphatic rings. The fourth-order valence-corrected chi connectivity index (χ4v) is 5.39. The highest BCUT2D eigenvalue weighted by Gasteiger charge is 2.29. The number of thiophene rings is 1. The Morgan fingerprint density at radius 3 is 2.82 bits per heavy atom. The van der Waals surface area contributed by atoms with Crippen LogP contribution in [0.15, 0.2) is 22.6 Å². The largest absolute Gasteiger partial charge is 0.405 e. The topological polar surface area (TPSA) is 64.0 Å². The van der Waals surface area contributed by atoms with Gasteiger partial charge in [0.1, 0.15) is 11.4 Å². The number of carbonyl (C=O) groups is 1. The van der Waals surface area contributed by atoms with Gasteiger partial charge in [0.2, 0.25) is 5.91 Å². The second kappa shape index (κ2) is 8.28. The summed E-state index contributed by atoms with van der Waals surface area (Å²) in [4.78, 5) is 31.5. The number of amides is 1. The summed E-state index contributed by atoms with van der Waals surface area (Å²) < 4.78 is 38.4. The maximum atomic E-state index is 13.1. The maximum absolute atomic E-state index is 13.1. The Bertz CT molecular complexity index is 966. The van der Waals surface area contributed by atoms with Gasteiger partial charge in [0, 0.05) is 11.4 Å². The zero-order chi connectivity index (χ0) is 20.5. The van der Waals surface area contributed by atoms with Crippen LogP contribution in [-0.2, 0) is 24.2 Å². The van der Waals surface area contributed by atoms with Crippen molar-refractivity contribution in [3.8, 4) is 0 Å². The fourth-order valence-electron chi connectivity index (χ4n) is 3.14. The minimum absolute atomic E-state index is 0.185. The number of rotatable bonds is 6. The van der Waals surface area contributed by atoms with Gasteiger partial charge < -0.3 is 5.32 Å². The van der Waals surface area contributed by atoms with Gasteiger partial charge in [0.05, 0.1) is 10.6 Å². The van der Waals surface area contributed by atoms with E-state index >= 15 is 0 Å². The molecule has 2 aromatic rings. The van der Waals surface area contributed by atoms with Crippen molar-refractivity contribution in [2.45, 2.75) is 55.7 Å². The van der Waals surface area contributed by atoms with Crippen molar-refractivity contribution in [3.05, 3.63) is 33.4 Å². The third kappa shape index (κ3) is 4.43. The molecule has 0 bridgehead atoms. The molecule has 0 fully saturated rings. The van der Waals surface area contributed by atoms with Crippen molar-refractivity contribution >= 4 is 39.2 Å². The monoisotopic (exact) mass is 431 g/mol. The first kappa shape index (κ1) is 20.9. The van der Waals surface area contributed by atoms with Gasteiger partial charge in [-0.1, -0.05) is 17.8 Å². The Kier molecular flexibility index (Phi) is 6.18. The third-order valence-corrected chi connectivity index (χ3v) is 6.74. The molecule has 1 N–H and O–H groups in total. The molecule has 0 radical (unpaired) electrons. The van der Waals surface area contributed by atoms with E-state index in [0.29, 0.717) is 15.4 Å². The van der Waals surface area contributed by atoms with Crippen LogP contribution in [0.3, 0.4) is 0 Å². The summed E-state index contributed by atoms with van der Waals surface area (Å²) in [5, 5.41) is 1.97. The Balaban J connectivity index is 1.93. The Hall–Kier alpha value is -1.81. The number of aryl methyl sites for hydroxylation is 2. The predicted molar refractivity (Wildman–Crippen MR) is 105 cm³/mol. The normalized spacial score (nSPS) is 15.3. The number of carbonyl (C=O) groups excluding carboxylic acids is 1. The van der Waals surface area contributed by atoms with Crippen LogP contribution in [0.5, 0.6) is 0 Å². The molecular weight excluding hydrogens is 411 g/mol. The summed E-state index contributed by atoms with van der Waals surface area (Å²) in [5.41, 5.74) is 0.879. The summed E-state index contributed by atoms with van der Waals surface area (Å²) in [6.07, 6.45) is 0.981. The summed E-state index contributed by atoms with van der Waals surface area (Å²) in [6, 6.07) is 0. The first-order valence-electron chi connectivity index (χ1n) is 8.88. The number of hydrogen-bond acceptors (Lipinski definition) is 5. The molecule has 3 rings (SSSR count). The number of allylic oxidation sites excluding steroid dienone is 1. The number of fused-ring (bicyclic) bond motifs is 3. The maximum Gasteiger partial charge on any atom is 0.405 e. The average molecular weight is 432 g/mol. The van der Waals surface area contributed by atoms with Crippen molar-refractivity contribution < 1.29 is 18.0 Å². The van der Waals surface area contributed by atoms with E-state index in [9.17, 15) is 22.8 Å². The van der Waals surface area contributed by atoms with Gasteiger partial charge in [-0.3, -0.25) is 14.2 Å². The van der Waals surface area contributed by atoms with Crippen LogP contribution in [0.2, 0.25) is 0 Å². The Morgan fingerprint density at radius 1 is 1.43 bits per heavy atom. The van der Waals surface area contributed by atoms with E-state index in [2.05, 4.69) is 11.6 Å². The number of aromatic nitrogens is 2. The Morgan fingerprint density at radius 2 is 2.14 bits per heavy atom. The number of alkyl halides is 3. The number of hydrogen-bond donors (Lipinski definition) is 1. The predicted octanol–water partition coefficient (Wildman–Crippen LogP) is 3.68. The van der Waals surface area contributed by atoms with Crippen LogP contribution in [0.1, 0.15) is 30.2 Å². The first-order chi connectivity index (χ1) is 13.2. The van der Waals surface area contributed by atoms with Gasteiger partial charge in [0.15, 0.2) is 5.16 Å². The van der Waals surface area contributed by atoms with Crippen molar-refractivity contribution in [3.63, 3.8) is 0 Å². The van der Waals surface area contributed by atoms with Crippen LogP contribution >= 0.6 is 23.1 Å². The first-order valence-corrected chi connectivity index (χ1v) is 10.6. The van der Waals surface area contributed by atoms with Gasteiger partial charge in [-0.25, -0.2) is 4.98 Å². The van der Waals surface area contributed by atoms with Gasteiger partial charge in [-0.15, -0.1) is 17.9 Å². The van der Waals surface area contributed by atoms with Crippen LogP contribution in [-0.4, -0.2) is 33.4 Å². The summed E-state index contributed by atoms with van der Waals surface area (Å²) in [6.45, 7) is 3.98. The summed E-state index contributed by atoms with van der Waals surface area (Å²) >= 11 is 2.47. The highest BCUT2D eigenvalue weighted by molar-refractivity contribution is 8.00. The summed E-state index contributed by atoms with van der Waals surface area (Å²) in [5.74, 6) is -0.757. The summed E-state index contributed by atoms with van der Waals surface area (Å²) in [7, 11) is 0. The van der Waals surface area contributed by atoms with Crippen LogP contribution < -0.4 is 10.9 Å². The molecule has 1 unspecified atom stereocenters. The number of nitrogens with zero attached hydrogens (tertiary/aromatic N) is 2. The highest BCUT2D eigenvalue weighted by atomic mass is 32.2. The second-order valence-corrected chi connectivity index (χ2v) is 8.97. The lowest BCUT2D eigenvalue weighted by Crippen LogP contribution is -2.38. The molecule has 1 aliphatic carbocycles. The smallest absolute Gasteiger partial charge is 0.346 e. The Labute approximate surface area is 168 Å². The molecule has 0 aromatic carbocycles. The molecular formula is C18H20F3N3O2S2. The number of nitrogens with one attached hydrogen (secondary N) is 1. The minimum Gasteiger partial charge on any atom is -0.346 e. The molecule has 152 valence electrons. The molecule has 28 heavy (non-hydrogen) atoms. The van der Waals surface area contributed by atoms with Crippen molar-refractivity contribution in [2.24, 2.45) is 0 Å². The molecule has 2 aromatic heterocycles. The van der Waals surface area contributed by atoms with Crippen molar-refractivity contribution in [1.82, 2.24) is 14.9 Å². The zero-order valence-corrected chi connectivity index (χ0v) is 16.9. The highest BCUT2D eigenvalue weighted by Crippen LogP contribution is 2.35. The molecule has 1 amide bonds. The third-order valence-electron chi connectivity index (χ3n) is 4.47. The van der Waals surface area contributed by atoms with Crippen LogP contribution in [0.4, 0.5) is 13.2 Å². The number of halogens is 3. The minimum atomic E-state index is -4.47. The van der Waals surface area contributed by atoms with E-state index in [0.717, 1.165) is 43.0 Å². The lowest BCUT2D eigenvalue weighted by Gasteiger charge is -2.16. The van der Waals surface area contributed by atoms with E-state index in [1.807, 2.05) is 5.32 Å².